The van der Waals surface area contributed by atoms with Gasteiger partial charge >= 0.3 is 0 Å². The Labute approximate surface area is 221 Å². The van der Waals surface area contributed by atoms with Crippen molar-refractivity contribution >= 4 is 0 Å². The Balaban J connectivity index is 1.16. The molecule has 0 spiro atoms. The maximum Gasteiger partial charge on any atom is 0.139 e. The molecule has 0 amide bonds. The van der Waals surface area contributed by atoms with Crippen LogP contribution >= 0.6 is 0 Å². The van der Waals surface area contributed by atoms with Crippen LogP contribution in [0.15, 0.2) is 25.0 Å². The van der Waals surface area contributed by atoms with E-state index in [0.29, 0.717) is 24.7 Å². The van der Waals surface area contributed by atoms with Gasteiger partial charge in [0.15, 0.2) is 0 Å². The van der Waals surface area contributed by atoms with Crippen LogP contribution in [0.1, 0.15) is 110 Å². The quantitative estimate of drug-likeness (QED) is 0.0652. The molecule has 3 rings (SSSR count). The molecule has 0 radical (unpaired) electrons. The number of allylic oxidation sites excluding steroid dienone is 1. The van der Waals surface area contributed by atoms with Crippen molar-refractivity contribution < 1.29 is 24.3 Å². The van der Waals surface area contributed by atoms with Gasteiger partial charge in [0.25, 0.3) is 0 Å². The summed E-state index contributed by atoms with van der Waals surface area (Å²) in [7, 11) is 0. The minimum absolute atomic E-state index is 0.223. The molecular weight excluding hydrogens is 452 g/mol. The smallest absolute Gasteiger partial charge is 0.139 e. The lowest BCUT2D eigenvalue weighted by molar-refractivity contribution is -0.332. The van der Waals surface area contributed by atoms with Crippen LogP contribution in [0.4, 0.5) is 0 Å². The van der Waals surface area contributed by atoms with E-state index in [9.17, 15) is 0 Å². The summed E-state index contributed by atoms with van der Waals surface area (Å²) in [5.74, 6) is 4.69. The topological polar surface area (TPSA) is 46.2 Å². The van der Waals surface area contributed by atoms with E-state index in [1.54, 1.807) is 6.08 Å². The minimum Gasteiger partial charge on any atom is -0.381 e. The van der Waals surface area contributed by atoms with Crippen molar-refractivity contribution in [3.8, 4) is 0 Å². The van der Waals surface area contributed by atoms with Gasteiger partial charge in [-0.1, -0.05) is 38.8 Å². The molecule has 5 nitrogen and oxygen atoms in total. The summed E-state index contributed by atoms with van der Waals surface area (Å²) in [6.07, 6.45) is 21.6. The van der Waals surface area contributed by atoms with E-state index in [1.165, 1.54) is 64.2 Å². The second kappa shape index (κ2) is 17.6. The summed E-state index contributed by atoms with van der Waals surface area (Å²) < 4.78 is 5.89. The molecule has 0 heterocycles. The highest BCUT2D eigenvalue weighted by Crippen LogP contribution is 2.42. The number of rotatable bonds is 17. The van der Waals surface area contributed by atoms with Gasteiger partial charge in [0.05, 0.1) is 19.3 Å². The van der Waals surface area contributed by atoms with E-state index in [-0.39, 0.29) is 6.10 Å². The van der Waals surface area contributed by atoms with E-state index >= 15 is 0 Å². The third kappa shape index (κ3) is 11.2. The molecule has 0 atom stereocenters. The Morgan fingerprint density at radius 1 is 0.750 bits per heavy atom. The van der Waals surface area contributed by atoms with Crippen molar-refractivity contribution in [1.29, 1.82) is 0 Å². The van der Waals surface area contributed by atoms with Crippen LogP contribution in [-0.2, 0) is 24.3 Å². The monoisotopic (exact) mass is 506 g/mol. The lowest BCUT2D eigenvalue weighted by atomic mass is 9.69. The van der Waals surface area contributed by atoms with Crippen LogP contribution in [0.3, 0.4) is 0 Å². The molecule has 208 valence electrons. The zero-order valence-electron chi connectivity index (χ0n) is 23.1. The molecule has 0 bridgehead atoms. The predicted molar refractivity (Wildman–Crippen MR) is 145 cm³/mol. The lowest BCUT2D eigenvalue weighted by Gasteiger charge is -2.37. The Morgan fingerprint density at radius 3 is 2.00 bits per heavy atom. The highest BCUT2D eigenvalue weighted by Gasteiger charge is 2.31. The molecule has 3 aliphatic rings. The first-order valence-electron chi connectivity index (χ1n) is 15.1. The molecule has 3 aliphatic carbocycles. The standard InChI is InChI=1S/C31H54O5/c1-4-6-21-32-23-27-10-16-30(17-11-27)29-14-8-26(9-15-29)20-22-33-36-31-18-12-28(13-19-31)24-34-35-25(3)7-5-2/h5,26-31H,2-4,6-24H2,1H3. The van der Waals surface area contributed by atoms with Gasteiger partial charge in [-0.2, -0.15) is 4.89 Å². The predicted octanol–water partition coefficient (Wildman–Crippen LogP) is 8.35. The fraction of sp³-hybridized carbons (Fsp3) is 0.871. The number of hydrogen-bond acceptors (Lipinski definition) is 5. The molecule has 0 N–H and O–H groups in total. The molecule has 0 aromatic rings. The van der Waals surface area contributed by atoms with Crippen molar-refractivity contribution in [2.24, 2.45) is 29.6 Å². The fourth-order valence-electron chi connectivity index (χ4n) is 6.43. The van der Waals surface area contributed by atoms with Gasteiger partial charge in [-0.15, -0.1) is 6.58 Å². The first kappa shape index (κ1) is 29.7. The zero-order valence-corrected chi connectivity index (χ0v) is 23.1. The van der Waals surface area contributed by atoms with Gasteiger partial charge in [-0.05, 0) is 107 Å². The van der Waals surface area contributed by atoms with Crippen molar-refractivity contribution in [3.63, 3.8) is 0 Å². The third-order valence-electron chi connectivity index (χ3n) is 8.91. The van der Waals surface area contributed by atoms with Crippen LogP contribution in [0.25, 0.3) is 0 Å². The van der Waals surface area contributed by atoms with Gasteiger partial charge in [-0.3, -0.25) is 0 Å². The van der Waals surface area contributed by atoms with Gasteiger partial charge < -0.3 is 9.62 Å². The Morgan fingerprint density at radius 2 is 1.36 bits per heavy atom. The minimum atomic E-state index is 0.223. The molecule has 3 saturated carbocycles. The van der Waals surface area contributed by atoms with E-state index in [2.05, 4.69) is 20.1 Å². The number of ether oxygens (including phenoxy) is 1. The van der Waals surface area contributed by atoms with Crippen LogP contribution in [0.5, 0.6) is 0 Å². The molecule has 0 unspecified atom stereocenters. The van der Waals surface area contributed by atoms with E-state index < -0.39 is 0 Å². The summed E-state index contributed by atoms with van der Waals surface area (Å²) in [6.45, 7) is 13.0. The maximum atomic E-state index is 5.89. The van der Waals surface area contributed by atoms with Gasteiger partial charge in [0.2, 0.25) is 0 Å². The summed E-state index contributed by atoms with van der Waals surface area (Å²) >= 11 is 0. The first-order valence-corrected chi connectivity index (χ1v) is 15.1. The molecule has 3 fully saturated rings. The average Bonchev–Trinajstić information content (AvgIpc) is 2.91. The van der Waals surface area contributed by atoms with Crippen molar-refractivity contribution in [3.05, 3.63) is 25.0 Å². The van der Waals surface area contributed by atoms with Gasteiger partial charge in [0, 0.05) is 19.6 Å². The Bertz CT molecular complexity index is 584. The molecule has 0 saturated heterocycles. The molecule has 0 aromatic heterocycles. The van der Waals surface area contributed by atoms with Gasteiger partial charge in [-0.25, -0.2) is 9.78 Å². The molecule has 0 aliphatic heterocycles. The fourth-order valence-corrected chi connectivity index (χ4v) is 6.43. The van der Waals surface area contributed by atoms with Crippen LogP contribution in [-0.4, -0.2) is 32.5 Å². The zero-order chi connectivity index (χ0) is 25.4. The van der Waals surface area contributed by atoms with Crippen molar-refractivity contribution in [2.75, 3.05) is 26.4 Å². The van der Waals surface area contributed by atoms with Crippen LogP contribution in [0, 0.1) is 29.6 Å². The third-order valence-corrected chi connectivity index (χ3v) is 8.91. The highest BCUT2D eigenvalue weighted by molar-refractivity contribution is 4.89. The molecule has 0 aromatic carbocycles. The Hall–Kier alpha value is -0.880. The molecule has 36 heavy (non-hydrogen) atoms. The number of hydrogen-bond donors (Lipinski definition) is 0. The normalized spacial score (nSPS) is 31.1. The summed E-state index contributed by atoms with van der Waals surface area (Å²) in [6, 6.07) is 0. The number of unbranched alkanes of at least 4 members (excludes halogenated alkanes) is 1. The molecular formula is C31H54O5. The first-order chi connectivity index (χ1) is 17.7. The van der Waals surface area contributed by atoms with E-state index in [0.717, 1.165) is 75.6 Å². The van der Waals surface area contributed by atoms with Crippen molar-refractivity contribution in [1.82, 2.24) is 0 Å². The maximum absolute atomic E-state index is 5.89. The highest BCUT2D eigenvalue weighted by atomic mass is 17.2. The SMILES string of the molecule is C=CCC(=C)OOCC1CCC(OOCCC2CCC(C3CCC(COCCCC)CC3)CC2)CC1. The molecule has 5 heteroatoms. The summed E-state index contributed by atoms with van der Waals surface area (Å²) in [5.41, 5.74) is 0. The lowest BCUT2D eigenvalue weighted by Crippen LogP contribution is -2.27. The average molecular weight is 507 g/mol. The summed E-state index contributed by atoms with van der Waals surface area (Å²) in [5, 5.41) is 0. The second-order valence-corrected chi connectivity index (χ2v) is 11.7. The largest absolute Gasteiger partial charge is 0.381 e. The van der Waals surface area contributed by atoms with Crippen molar-refractivity contribution in [2.45, 2.75) is 116 Å². The Kier molecular flexibility index (Phi) is 14.5. The second-order valence-electron chi connectivity index (χ2n) is 11.7. The van der Waals surface area contributed by atoms with E-state index in [4.69, 9.17) is 24.3 Å². The summed E-state index contributed by atoms with van der Waals surface area (Å²) in [4.78, 5) is 21.9. The van der Waals surface area contributed by atoms with Crippen LogP contribution in [0.2, 0.25) is 0 Å². The van der Waals surface area contributed by atoms with E-state index in [1.807, 2.05) is 0 Å². The van der Waals surface area contributed by atoms with Crippen LogP contribution < -0.4 is 0 Å². The van der Waals surface area contributed by atoms with Gasteiger partial charge in [0.1, 0.15) is 5.76 Å².